The number of ether oxygens (including phenoxy) is 1. The maximum Gasteiger partial charge on any atom is 0.236 e. The third-order valence-corrected chi connectivity index (χ3v) is 3.49. The van der Waals surface area contributed by atoms with E-state index >= 15 is 0 Å². The van der Waals surface area contributed by atoms with E-state index in [1.807, 2.05) is 4.90 Å². The van der Waals surface area contributed by atoms with Crippen LogP contribution in [0.4, 0.5) is 0 Å². The summed E-state index contributed by atoms with van der Waals surface area (Å²) in [4.78, 5) is 13.8. The Kier molecular flexibility index (Phi) is 4.18. The summed E-state index contributed by atoms with van der Waals surface area (Å²) >= 11 is 0. The molecule has 16 heavy (non-hydrogen) atoms. The molecule has 92 valence electrons. The molecular weight excluding hydrogens is 204 g/mol. The van der Waals surface area contributed by atoms with Crippen LogP contribution in [-0.2, 0) is 9.53 Å². The smallest absolute Gasteiger partial charge is 0.236 e. The Labute approximate surface area is 97.3 Å². The van der Waals surface area contributed by atoms with E-state index in [1.165, 1.54) is 12.8 Å². The molecule has 0 unspecified atom stereocenters. The number of piperidine rings is 1. The zero-order valence-corrected chi connectivity index (χ0v) is 10.1. The van der Waals surface area contributed by atoms with Crippen LogP contribution in [0.25, 0.3) is 0 Å². The van der Waals surface area contributed by atoms with Gasteiger partial charge in [0.1, 0.15) is 0 Å². The van der Waals surface area contributed by atoms with Gasteiger partial charge in [0.2, 0.25) is 5.91 Å². The van der Waals surface area contributed by atoms with Crippen LogP contribution in [0, 0.1) is 5.92 Å². The Morgan fingerprint density at radius 3 is 2.56 bits per heavy atom. The molecule has 1 heterocycles. The van der Waals surface area contributed by atoms with Crippen molar-refractivity contribution in [1.29, 1.82) is 0 Å². The van der Waals surface area contributed by atoms with Crippen molar-refractivity contribution in [2.75, 3.05) is 33.4 Å². The summed E-state index contributed by atoms with van der Waals surface area (Å²) in [5, 5.41) is 3.27. The third kappa shape index (κ3) is 3.46. The van der Waals surface area contributed by atoms with Gasteiger partial charge in [-0.1, -0.05) is 0 Å². The summed E-state index contributed by atoms with van der Waals surface area (Å²) in [5.41, 5.74) is 0. The van der Waals surface area contributed by atoms with Gasteiger partial charge < -0.3 is 15.0 Å². The third-order valence-electron chi connectivity index (χ3n) is 3.49. The largest absolute Gasteiger partial charge is 0.384 e. The predicted molar refractivity (Wildman–Crippen MR) is 62.2 cm³/mol. The molecule has 1 amide bonds. The summed E-state index contributed by atoms with van der Waals surface area (Å²) in [6.45, 7) is 3.17. The number of rotatable bonds is 5. The Balaban J connectivity index is 1.64. The maximum atomic E-state index is 11.8. The molecule has 0 aromatic heterocycles. The average molecular weight is 226 g/mol. The summed E-state index contributed by atoms with van der Waals surface area (Å²) in [6.07, 6.45) is 4.65. The van der Waals surface area contributed by atoms with Gasteiger partial charge >= 0.3 is 0 Å². The highest BCUT2D eigenvalue weighted by molar-refractivity contribution is 5.78. The molecule has 0 atom stereocenters. The second kappa shape index (κ2) is 5.64. The number of carbonyl (C=O) groups is 1. The van der Waals surface area contributed by atoms with Crippen molar-refractivity contribution in [1.82, 2.24) is 10.2 Å². The molecule has 4 heteroatoms. The lowest BCUT2D eigenvalue weighted by Gasteiger charge is -2.31. The second-order valence-electron chi connectivity index (χ2n) is 4.93. The van der Waals surface area contributed by atoms with E-state index < -0.39 is 0 Å². The molecule has 2 aliphatic rings. The Hall–Kier alpha value is -0.610. The van der Waals surface area contributed by atoms with Crippen molar-refractivity contribution >= 4 is 5.91 Å². The maximum absolute atomic E-state index is 11.8. The van der Waals surface area contributed by atoms with Crippen LogP contribution in [0.1, 0.15) is 25.7 Å². The van der Waals surface area contributed by atoms with Crippen molar-refractivity contribution in [2.24, 2.45) is 5.92 Å². The van der Waals surface area contributed by atoms with Gasteiger partial charge in [0.15, 0.2) is 0 Å². The number of hydrogen-bond acceptors (Lipinski definition) is 3. The van der Waals surface area contributed by atoms with E-state index in [0.29, 0.717) is 18.5 Å². The Bertz CT molecular complexity index is 233. The normalized spacial score (nSPS) is 22.4. The molecule has 0 aromatic carbocycles. The molecular formula is C12H22N2O2. The fourth-order valence-electron chi connectivity index (χ4n) is 2.22. The van der Waals surface area contributed by atoms with Crippen LogP contribution in [0.2, 0.25) is 0 Å². The quantitative estimate of drug-likeness (QED) is 0.747. The van der Waals surface area contributed by atoms with Crippen LogP contribution in [0.3, 0.4) is 0 Å². The summed E-state index contributed by atoms with van der Waals surface area (Å²) < 4.78 is 5.15. The van der Waals surface area contributed by atoms with Crippen molar-refractivity contribution in [2.45, 2.75) is 31.7 Å². The topological polar surface area (TPSA) is 41.6 Å². The molecule has 1 saturated heterocycles. The summed E-state index contributed by atoms with van der Waals surface area (Å²) in [5.74, 6) is 0.910. The first-order chi connectivity index (χ1) is 7.79. The molecule has 1 aliphatic heterocycles. The molecule has 2 fully saturated rings. The van der Waals surface area contributed by atoms with Gasteiger partial charge in [0.25, 0.3) is 0 Å². The molecule has 1 aliphatic carbocycles. The van der Waals surface area contributed by atoms with Gasteiger partial charge in [0.05, 0.1) is 6.54 Å². The van der Waals surface area contributed by atoms with Gasteiger partial charge in [-0.25, -0.2) is 0 Å². The van der Waals surface area contributed by atoms with E-state index in [9.17, 15) is 4.79 Å². The van der Waals surface area contributed by atoms with Gasteiger partial charge in [-0.15, -0.1) is 0 Å². The molecule has 0 aromatic rings. The van der Waals surface area contributed by atoms with Crippen molar-refractivity contribution < 1.29 is 9.53 Å². The first-order valence-electron chi connectivity index (χ1n) is 6.29. The second-order valence-corrected chi connectivity index (χ2v) is 4.93. The molecule has 0 radical (unpaired) electrons. The van der Waals surface area contributed by atoms with E-state index in [1.54, 1.807) is 7.11 Å². The zero-order valence-electron chi connectivity index (χ0n) is 10.1. The first kappa shape index (κ1) is 11.9. The first-order valence-corrected chi connectivity index (χ1v) is 6.29. The van der Waals surface area contributed by atoms with Gasteiger partial charge in [-0.2, -0.15) is 0 Å². The Morgan fingerprint density at radius 2 is 2.00 bits per heavy atom. The molecule has 2 rings (SSSR count). The van der Waals surface area contributed by atoms with Gasteiger partial charge in [-0.05, 0) is 31.6 Å². The highest BCUT2D eigenvalue weighted by Gasteiger charge is 2.25. The fourth-order valence-corrected chi connectivity index (χ4v) is 2.22. The number of nitrogens with one attached hydrogen (secondary N) is 1. The van der Waals surface area contributed by atoms with E-state index in [-0.39, 0.29) is 5.91 Å². The van der Waals surface area contributed by atoms with Crippen molar-refractivity contribution in [3.63, 3.8) is 0 Å². The highest BCUT2D eigenvalue weighted by atomic mass is 16.5. The molecule has 1 saturated carbocycles. The monoisotopic (exact) mass is 226 g/mol. The summed E-state index contributed by atoms with van der Waals surface area (Å²) in [7, 11) is 1.75. The van der Waals surface area contributed by atoms with Crippen LogP contribution in [0.15, 0.2) is 0 Å². The van der Waals surface area contributed by atoms with Gasteiger partial charge in [0, 0.05) is 32.8 Å². The van der Waals surface area contributed by atoms with E-state index in [4.69, 9.17) is 4.74 Å². The molecule has 4 nitrogen and oxygen atoms in total. The standard InChI is InChI=1S/C12H22N2O2/c1-16-9-10-4-6-14(7-5-10)12(15)8-13-11-2-3-11/h10-11,13H,2-9H2,1H3. The molecule has 0 spiro atoms. The minimum atomic E-state index is 0.266. The minimum absolute atomic E-state index is 0.266. The van der Waals surface area contributed by atoms with Crippen LogP contribution < -0.4 is 5.32 Å². The fraction of sp³-hybridized carbons (Fsp3) is 0.917. The number of nitrogens with zero attached hydrogens (tertiary/aromatic N) is 1. The van der Waals surface area contributed by atoms with Crippen LogP contribution >= 0.6 is 0 Å². The van der Waals surface area contributed by atoms with Crippen molar-refractivity contribution in [3.8, 4) is 0 Å². The predicted octanol–water partition coefficient (Wildman–Crippen LogP) is 0.623. The molecule has 0 bridgehead atoms. The SMILES string of the molecule is COCC1CCN(C(=O)CNC2CC2)CC1. The molecule has 1 N–H and O–H groups in total. The number of hydrogen-bond donors (Lipinski definition) is 1. The highest BCUT2D eigenvalue weighted by Crippen LogP contribution is 2.19. The van der Waals surface area contributed by atoms with Crippen LogP contribution in [0.5, 0.6) is 0 Å². The lowest BCUT2D eigenvalue weighted by atomic mass is 9.98. The number of methoxy groups -OCH3 is 1. The van der Waals surface area contributed by atoms with Crippen LogP contribution in [-0.4, -0.2) is 50.2 Å². The summed E-state index contributed by atoms with van der Waals surface area (Å²) in [6, 6.07) is 0.620. The van der Waals surface area contributed by atoms with Gasteiger partial charge in [-0.3, -0.25) is 4.79 Å². The zero-order chi connectivity index (χ0) is 11.4. The van der Waals surface area contributed by atoms with Crippen molar-refractivity contribution in [3.05, 3.63) is 0 Å². The average Bonchev–Trinajstić information content (AvgIpc) is 3.11. The number of carbonyl (C=O) groups excluding carboxylic acids is 1. The van der Waals surface area contributed by atoms with E-state index in [2.05, 4.69) is 5.32 Å². The number of likely N-dealkylation sites (tertiary alicyclic amines) is 1. The lowest BCUT2D eigenvalue weighted by molar-refractivity contribution is -0.131. The Morgan fingerprint density at radius 1 is 1.31 bits per heavy atom. The minimum Gasteiger partial charge on any atom is -0.384 e. The number of amides is 1. The lowest BCUT2D eigenvalue weighted by Crippen LogP contribution is -2.43. The van der Waals surface area contributed by atoms with E-state index in [0.717, 1.165) is 32.5 Å².